The highest BCUT2D eigenvalue weighted by atomic mass is 16.3. The molecule has 5 heteroatoms. The van der Waals surface area contributed by atoms with Gasteiger partial charge in [-0.3, -0.25) is 4.79 Å². The van der Waals surface area contributed by atoms with Gasteiger partial charge in [-0.25, -0.2) is 0 Å². The van der Waals surface area contributed by atoms with Crippen molar-refractivity contribution in [3.05, 3.63) is 12.2 Å². The predicted molar refractivity (Wildman–Crippen MR) is 102 cm³/mol. The van der Waals surface area contributed by atoms with Crippen molar-refractivity contribution in [1.29, 1.82) is 0 Å². The number of hydrogen-bond acceptors (Lipinski definition) is 4. The molecular weight excluding hydrogens is 318 g/mol. The number of carbonyl (C=O) groups excluding carboxylic acids is 1. The molecule has 0 bridgehead atoms. The van der Waals surface area contributed by atoms with Crippen LogP contribution < -0.4 is 5.32 Å². The van der Waals surface area contributed by atoms with E-state index in [2.05, 4.69) is 12.2 Å². The second kappa shape index (κ2) is 17.9. The predicted octanol–water partition coefficient (Wildman–Crippen LogP) is 3.07. The summed E-state index contributed by atoms with van der Waals surface area (Å²) in [6, 6.07) is -0.770. The van der Waals surface area contributed by atoms with Crippen molar-refractivity contribution < 1.29 is 20.1 Å². The van der Waals surface area contributed by atoms with Crippen LogP contribution in [0.15, 0.2) is 12.2 Å². The minimum Gasteiger partial charge on any atom is -0.394 e. The Morgan fingerprint density at radius 3 is 1.92 bits per heavy atom. The van der Waals surface area contributed by atoms with E-state index in [4.69, 9.17) is 10.2 Å². The van der Waals surface area contributed by atoms with Crippen molar-refractivity contribution in [1.82, 2.24) is 5.32 Å². The van der Waals surface area contributed by atoms with Gasteiger partial charge in [0.2, 0.25) is 5.91 Å². The molecule has 5 nitrogen and oxygen atoms in total. The van der Waals surface area contributed by atoms with Gasteiger partial charge in [0.25, 0.3) is 0 Å². The minimum absolute atomic E-state index is 0.365. The standard InChI is InChI=1S/C20H39NO4/c1-2-3-4-5-6-7-8-9-10-11-12-13-14-15-19(24)18(16-22)21-20(25)17-23/h14-15,18-19,22-24H,2-13,16-17H2,1H3,(H,21,25)/b15-14+/t18-,19+/m0/s1. The average Bonchev–Trinajstić information content (AvgIpc) is 2.63. The highest BCUT2D eigenvalue weighted by molar-refractivity contribution is 5.77. The van der Waals surface area contributed by atoms with Crippen molar-refractivity contribution in [2.45, 2.75) is 96.1 Å². The van der Waals surface area contributed by atoms with Gasteiger partial charge in [0.15, 0.2) is 0 Å². The summed E-state index contributed by atoms with van der Waals surface area (Å²) in [6.45, 7) is 1.23. The van der Waals surface area contributed by atoms with Gasteiger partial charge in [-0.15, -0.1) is 0 Å². The molecule has 0 saturated carbocycles. The summed E-state index contributed by atoms with van der Waals surface area (Å²) >= 11 is 0. The van der Waals surface area contributed by atoms with Crippen LogP contribution in [0.3, 0.4) is 0 Å². The second-order valence-electron chi connectivity index (χ2n) is 6.76. The Hall–Kier alpha value is -0.910. The number of rotatable bonds is 17. The number of unbranched alkanes of at least 4 members (excludes halogenated alkanes) is 11. The Morgan fingerprint density at radius 2 is 1.44 bits per heavy atom. The number of nitrogens with one attached hydrogen (secondary N) is 1. The monoisotopic (exact) mass is 357 g/mol. The lowest BCUT2D eigenvalue weighted by atomic mass is 10.0. The summed E-state index contributed by atoms with van der Waals surface area (Å²) in [4.78, 5) is 11.1. The number of allylic oxidation sites excluding steroid dienone is 1. The number of amides is 1. The van der Waals surface area contributed by atoms with Crippen LogP contribution in [-0.4, -0.2) is 46.6 Å². The lowest BCUT2D eigenvalue weighted by molar-refractivity contribution is -0.125. The van der Waals surface area contributed by atoms with Gasteiger partial charge >= 0.3 is 0 Å². The van der Waals surface area contributed by atoms with E-state index < -0.39 is 24.7 Å². The smallest absolute Gasteiger partial charge is 0.246 e. The average molecular weight is 358 g/mol. The van der Waals surface area contributed by atoms with Crippen LogP contribution in [0.4, 0.5) is 0 Å². The zero-order chi connectivity index (χ0) is 18.8. The van der Waals surface area contributed by atoms with Gasteiger partial charge in [0.1, 0.15) is 6.61 Å². The van der Waals surface area contributed by atoms with E-state index in [0.29, 0.717) is 0 Å². The second-order valence-corrected chi connectivity index (χ2v) is 6.76. The fraction of sp³-hybridized carbons (Fsp3) is 0.850. The van der Waals surface area contributed by atoms with E-state index in [0.717, 1.165) is 12.8 Å². The van der Waals surface area contributed by atoms with Crippen molar-refractivity contribution in [3.63, 3.8) is 0 Å². The van der Waals surface area contributed by atoms with Gasteiger partial charge in [0.05, 0.1) is 18.8 Å². The molecule has 0 spiro atoms. The van der Waals surface area contributed by atoms with Gasteiger partial charge in [-0.1, -0.05) is 83.3 Å². The van der Waals surface area contributed by atoms with Crippen LogP contribution in [0.25, 0.3) is 0 Å². The molecule has 0 aromatic rings. The Balaban J connectivity index is 3.54. The van der Waals surface area contributed by atoms with Crippen molar-refractivity contribution in [2.24, 2.45) is 0 Å². The van der Waals surface area contributed by atoms with Gasteiger partial charge in [-0.05, 0) is 12.8 Å². The molecule has 2 atom stereocenters. The molecule has 0 aliphatic rings. The van der Waals surface area contributed by atoms with Crippen LogP contribution in [-0.2, 0) is 4.79 Å². The molecule has 0 unspecified atom stereocenters. The topological polar surface area (TPSA) is 89.8 Å². The summed E-state index contributed by atoms with van der Waals surface area (Å²) in [6.07, 6.45) is 17.8. The first kappa shape index (κ1) is 24.1. The minimum atomic E-state index is -0.937. The third-order valence-electron chi connectivity index (χ3n) is 4.41. The first-order valence-electron chi connectivity index (χ1n) is 10.0. The molecular formula is C20H39NO4. The van der Waals surface area contributed by atoms with Crippen LogP contribution in [0.5, 0.6) is 0 Å². The molecule has 1 amide bonds. The SMILES string of the molecule is CCCCCCCCCCCCC/C=C/[C@@H](O)[C@H](CO)NC(=O)CO. The normalized spacial score (nSPS) is 13.9. The molecule has 0 heterocycles. The van der Waals surface area contributed by atoms with E-state index in [-0.39, 0.29) is 6.61 Å². The molecule has 0 aliphatic carbocycles. The third-order valence-corrected chi connectivity index (χ3v) is 4.41. The largest absolute Gasteiger partial charge is 0.394 e. The van der Waals surface area contributed by atoms with Gasteiger partial charge in [-0.2, -0.15) is 0 Å². The van der Waals surface area contributed by atoms with Crippen molar-refractivity contribution in [2.75, 3.05) is 13.2 Å². The Kier molecular flexibility index (Phi) is 17.2. The number of hydrogen-bond donors (Lipinski definition) is 4. The molecule has 0 aromatic carbocycles. The molecule has 0 aliphatic heterocycles. The highest BCUT2D eigenvalue weighted by Gasteiger charge is 2.17. The van der Waals surface area contributed by atoms with E-state index >= 15 is 0 Å². The molecule has 0 radical (unpaired) electrons. The number of carbonyl (C=O) groups is 1. The molecule has 4 N–H and O–H groups in total. The maximum Gasteiger partial charge on any atom is 0.246 e. The zero-order valence-electron chi connectivity index (χ0n) is 16.0. The highest BCUT2D eigenvalue weighted by Crippen LogP contribution is 2.12. The summed E-state index contributed by atoms with van der Waals surface area (Å²) < 4.78 is 0. The fourth-order valence-electron chi connectivity index (χ4n) is 2.79. The fourth-order valence-corrected chi connectivity index (χ4v) is 2.79. The summed E-state index contributed by atoms with van der Waals surface area (Å²) in [7, 11) is 0. The number of aliphatic hydroxyl groups is 3. The Bertz CT molecular complexity index is 334. The van der Waals surface area contributed by atoms with Crippen LogP contribution in [0, 0.1) is 0 Å². The first-order valence-corrected chi connectivity index (χ1v) is 10.0. The lowest BCUT2D eigenvalue weighted by Gasteiger charge is -2.19. The zero-order valence-corrected chi connectivity index (χ0v) is 16.0. The van der Waals surface area contributed by atoms with Crippen LogP contribution in [0.2, 0.25) is 0 Å². The van der Waals surface area contributed by atoms with Crippen LogP contribution in [0.1, 0.15) is 84.0 Å². The molecule has 148 valence electrons. The van der Waals surface area contributed by atoms with E-state index in [9.17, 15) is 9.90 Å². The molecule has 0 saturated heterocycles. The van der Waals surface area contributed by atoms with E-state index in [1.165, 1.54) is 64.2 Å². The lowest BCUT2D eigenvalue weighted by Crippen LogP contribution is -2.46. The quantitative estimate of drug-likeness (QED) is 0.238. The van der Waals surface area contributed by atoms with Gasteiger partial charge in [0, 0.05) is 0 Å². The third kappa shape index (κ3) is 15.1. The van der Waals surface area contributed by atoms with E-state index in [1.54, 1.807) is 6.08 Å². The Morgan fingerprint density at radius 1 is 0.920 bits per heavy atom. The number of aliphatic hydroxyl groups excluding tert-OH is 3. The summed E-state index contributed by atoms with van der Waals surface area (Å²) in [5.74, 6) is -0.600. The van der Waals surface area contributed by atoms with E-state index in [1.807, 2.05) is 6.08 Å². The van der Waals surface area contributed by atoms with Crippen LogP contribution >= 0.6 is 0 Å². The molecule has 25 heavy (non-hydrogen) atoms. The summed E-state index contributed by atoms with van der Waals surface area (Å²) in [5.41, 5.74) is 0. The van der Waals surface area contributed by atoms with Crippen molar-refractivity contribution >= 4 is 5.91 Å². The molecule has 0 aromatic heterocycles. The van der Waals surface area contributed by atoms with Crippen molar-refractivity contribution in [3.8, 4) is 0 Å². The van der Waals surface area contributed by atoms with Gasteiger partial charge < -0.3 is 20.6 Å². The summed E-state index contributed by atoms with van der Waals surface area (Å²) in [5, 5.41) is 30.1. The first-order chi connectivity index (χ1) is 12.2. The molecule has 0 fully saturated rings. The Labute approximate surface area is 153 Å². The maximum atomic E-state index is 11.1. The molecule has 0 rings (SSSR count). The maximum absolute atomic E-state index is 11.1.